The average Bonchev–Trinajstić information content (AvgIpc) is 3.05. The van der Waals surface area contributed by atoms with Crippen molar-refractivity contribution in [3.8, 4) is 11.3 Å². The van der Waals surface area contributed by atoms with Crippen molar-refractivity contribution < 1.29 is 9.32 Å². The van der Waals surface area contributed by atoms with Gasteiger partial charge >= 0.3 is 0 Å². The maximum absolute atomic E-state index is 12.4. The number of amides is 1. The number of hydrogen-bond donors (Lipinski definition) is 2. The Morgan fingerprint density at radius 1 is 1.12 bits per heavy atom. The Labute approximate surface area is 146 Å². The van der Waals surface area contributed by atoms with Gasteiger partial charge in [0.25, 0.3) is 5.91 Å². The molecule has 5 nitrogen and oxygen atoms in total. The first kappa shape index (κ1) is 16.5. The summed E-state index contributed by atoms with van der Waals surface area (Å²) >= 11 is 0. The van der Waals surface area contributed by atoms with Gasteiger partial charge in [-0.2, -0.15) is 0 Å². The predicted molar refractivity (Wildman–Crippen MR) is 98.6 cm³/mol. The zero-order chi connectivity index (χ0) is 17.8. The van der Waals surface area contributed by atoms with E-state index < -0.39 is 0 Å². The molecule has 0 radical (unpaired) electrons. The average molecular weight is 333 g/mol. The minimum Gasteiger partial charge on any atom is -0.398 e. The van der Waals surface area contributed by atoms with Gasteiger partial charge in [-0.1, -0.05) is 65.3 Å². The summed E-state index contributed by atoms with van der Waals surface area (Å²) in [5, 5.41) is 6.71. The number of hydrogen-bond acceptors (Lipinski definition) is 4. The summed E-state index contributed by atoms with van der Waals surface area (Å²) < 4.78 is 5.42. The van der Waals surface area contributed by atoms with Gasteiger partial charge in [-0.05, 0) is 12.5 Å². The normalized spacial score (nSPS) is 11.4. The third-order valence-corrected chi connectivity index (χ3v) is 3.89. The molecule has 0 fully saturated rings. The molecule has 0 spiro atoms. The number of carbonyl (C=O) groups excluding carboxylic acids is 1. The van der Waals surface area contributed by atoms with Gasteiger partial charge in [0.1, 0.15) is 11.3 Å². The van der Waals surface area contributed by atoms with Crippen molar-refractivity contribution in [2.24, 2.45) is 5.73 Å². The van der Waals surface area contributed by atoms with Gasteiger partial charge in [-0.15, -0.1) is 0 Å². The molecule has 0 aliphatic carbocycles. The SMILES string of the molecule is CNC(=O)c1c(-c2ccccc2)noc1C=C(N)c1ccc(C)cc1. The standard InChI is InChI=1S/C20H19N3O2/c1-13-8-10-14(11-9-13)16(21)12-17-18(20(24)22-2)19(23-25-17)15-6-4-3-5-7-15/h3-12H,21H2,1-2H3,(H,22,24). The largest absolute Gasteiger partial charge is 0.398 e. The second-order valence-corrected chi connectivity index (χ2v) is 5.68. The Hall–Kier alpha value is -3.34. The second-order valence-electron chi connectivity index (χ2n) is 5.68. The van der Waals surface area contributed by atoms with Gasteiger partial charge < -0.3 is 15.6 Å². The van der Waals surface area contributed by atoms with Crippen molar-refractivity contribution in [3.05, 3.63) is 77.0 Å². The van der Waals surface area contributed by atoms with E-state index in [1.807, 2.05) is 61.5 Å². The van der Waals surface area contributed by atoms with Crippen LogP contribution in [0.25, 0.3) is 23.0 Å². The number of benzene rings is 2. The number of aryl methyl sites for hydroxylation is 1. The van der Waals surface area contributed by atoms with Crippen molar-refractivity contribution in [1.82, 2.24) is 10.5 Å². The maximum Gasteiger partial charge on any atom is 0.257 e. The Kier molecular flexibility index (Phi) is 4.66. The van der Waals surface area contributed by atoms with E-state index in [-0.39, 0.29) is 5.91 Å². The zero-order valence-electron chi connectivity index (χ0n) is 14.1. The van der Waals surface area contributed by atoms with Crippen molar-refractivity contribution in [2.75, 3.05) is 7.05 Å². The summed E-state index contributed by atoms with van der Waals surface area (Å²) in [6.07, 6.45) is 1.63. The van der Waals surface area contributed by atoms with E-state index in [4.69, 9.17) is 10.3 Å². The third kappa shape index (κ3) is 3.45. The van der Waals surface area contributed by atoms with E-state index in [2.05, 4.69) is 10.5 Å². The van der Waals surface area contributed by atoms with Crippen molar-refractivity contribution in [3.63, 3.8) is 0 Å². The summed E-state index contributed by atoms with van der Waals surface area (Å²) in [6.45, 7) is 2.01. The second kappa shape index (κ2) is 7.05. The number of aromatic nitrogens is 1. The smallest absolute Gasteiger partial charge is 0.257 e. The number of nitrogens with one attached hydrogen (secondary N) is 1. The Morgan fingerprint density at radius 3 is 2.44 bits per heavy atom. The van der Waals surface area contributed by atoms with E-state index in [1.165, 1.54) is 0 Å². The van der Waals surface area contributed by atoms with E-state index in [1.54, 1.807) is 13.1 Å². The Bertz CT molecular complexity index is 910. The number of rotatable bonds is 4. The zero-order valence-corrected chi connectivity index (χ0v) is 14.1. The highest BCUT2D eigenvalue weighted by Gasteiger charge is 2.22. The fraction of sp³-hybridized carbons (Fsp3) is 0.100. The predicted octanol–water partition coefficient (Wildman–Crippen LogP) is 3.47. The number of carbonyl (C=O) groups is 1. The molecule has 1 heterocycles. The van der Waals surface area contributed by atoms with Crippen LogP contribution in [0.5, 0.6) is 0 Å². The van der Waals surface area contributed by atoms with Gasteiger partial charge in [0.2, 0.25) is 0 Å². The first-order chi connectivity index (χ1) is 12.1. The lowest BCUT2D eigenvalue weighted by Crippen LogP contribution is -2.19. The van der Waals surface area contributed by atoms with Crippen molar-refractivity contribution in [1.29, 1.82) is 0 Å². The van der Waals surface area contributed by atoms with Crippen LogP contribution in [0.3, 0.4) is 0 Å². The Morgan fingerprint density at radius 2 is 1.80 bits per heavy atom. The molecule has 2 aromatic carbocycles. The minimum atomic E-state index is -0.275. The molecule has 0 unspecified atom stereocenters. The molecule has 25 heavy (non-hydrogen) atoms. The highest BCUT2D eigenvalue weighted by atomic mass is 16.5. The lowest BCUT2D eigenvalue weighted by Gasteiger charge is -2.03. The molecule has 3 rings (SSSR count). The highest BCUT2D eigenvalue weighted by Crippen LogP contribution is 2.27. The van der Waals surface area contributed by atoms with Crippen molar-refractivity contribution in [2.45, 2.75) is 6.92 Å². The molecule has 0 bridgehead atoms. The van der Waals surface area contributed by atoms with Gasteiger partial charge in [0, 0.05) is 24.4 Å². The molecule has 0 aliphatic rings. The summed E-state index contributed by atoms with van der Waals surface area (Å²) in [6, 6.07) is 17.2. The molecule has 126 valence electrons. The van der Waals surface area contributed by atoms with Crippen LogP contribution < -0.4 is 11.1 Å². The molecular formula is C20H19N3O2. The molecule has 0 atom stereocenters. The van der Waals surface area contributed by atoms with Crippen LogP contribution in [0.1, 0.15) is 27.2 Å². The molecule has 3 N–H and O–H groups in total. The van der Waals surface area contributed by atoms with Crippen LogP contribution in [0, 0.1) is 6.92 Å². The molecule has 1 amide bonds. The minimum absolute atomic E-state index is 0.275. The number of nitrogens with two attached hydrogens (primary N) is 1. The maximum atomic E-state index is 12.4. The van der Waals surface area contributed by atoms with Gasteiger partial charge in [0.15, 0.2) is 5.76 Å². The Balaban J connectivity index is 2.07. The lowest BCUT2D eigenvalue weighted by atomic mass is 10.0. The van der Waals surface area contributed by atoms with E-state index >= 15 is 0 Å². The summed E-state index contributed by atoms with van der Waals surface area (Å²) in [5.41, 5.74) is 10.3. The summed E-state index contributed by atoms with van der Waals surface area (Å²) in [5.74, 6) is 0.0549. The van der Waals surface area contributed by atoms with Gasteiger partial charge in [-0.25, -0.2) is 0 Å². The van der Waals surface area contributed by atoms with Crippen LogP contribution in [-0.4, -0.2) is 18.1 Å². The monoisotopic (exact) mass is 333 g/mol. The van der Waals surface area contributed by atoms with Gasteiger partial charge in [0.05, 0.1) is 0 Å². The quantitative estimate of drug-likeness (QED) is 0.766. The number of nitrogens with zero attached hydrogens (tertiary/aromatic N) is 1. The van der Waals surface area contributed by atoms with Crippen LogP contribution >= 0.6 is 0 Å². The van der Waals surface area contributed by atoms with Crippen LogP contribution in [0.15, 0.2) is 59.1 Å². The fourth-order valence-electron chi connectivity index (χ4n) is 2.51. The molecule has 1 aromatic heterocycles. The highest BCUT2D eigenvalue weighted by molar-refractivity contribution is 6.03. The summed E-state index contributed by atoms with van der Waals surface area (Å²) in [4.78, 5) is 12.4. The fourth-order valence-corrected chi connectivity index (χ4v) is 2.51. The van der Waals surface area contributed by atoms with E-state index in [0.29, 0.717) is 22.7 Å². The summed E-state index contributed by atoms with van der Waals surface area (Å²) in [7, 11) is 1.57. The first-order valence-electron chi connectivity index (χ1n) is 7.91. The molecule has 0 saturated heterocycles. The molecular weight excluding hydrogens is 314 g/mol. The molecule has 3 aromatic rings. The van der Waals surface area contributed by atoms with E-state index in [0.717, 1.165) is 16.7 Å². The topological polar surface area (TPSA) is 81.2 Å². The van der Waals surface area contributed by atoms with E-state index in [9.17, 15) is 4.79 Å². The molecule has 5 heteroatoms. The lowest BCUT2D eigenvalue weighted by molar-refractivity contribution is 0.0963. The third-order valence-electron chi connectivity index (χ3n) is 3.89. The molecule has 0 aliphatic heterocycles. The van der Waals surface area contributed by atoms with Crippen LogP contribution in [-0.2, 0) is 0 Å². The van der Waals surface area contributed by atoms with Gasteiger partial charge in [-0.3, -0.25) is 4.79 Å². The van der Waals surface area contributed by atoms with Crippen molar-refractivity contribution >= 4 is 17.7 Å². The van der Waals surface area contributed by atoms with Crippen LogP contribution in [0.4, 0.5) is 0 Å². The van der Waals surface area contributed by atoms with Crippen LogP contribution in [0.2, 0.25) is 0 Å². The first-order valence-corrected chi connectivity index (χ1v) is 7.91. The molecule has 0 saturated carbocycles.